The number of nitrogens with zero attached hydrogens (tertiary/aromatic N) is 2. The van der Waals surface area contributed by atoms with Crippen LogP contribution in [-0.4, -0.2) is 16.1 Å². The van der Waals surface area contributed by atoms with Gasteiger partial charge in [0.25, 0.3) is 0 Å². The zero-order valence-electron chi connectivity index (χ0n) is 13.4. The Kier molecular flexibility index (Phi) is 4.11. The molecule has 3 nitrogen and oxygen atoms in total. The van der Waals surface area contributed by atoms with Crippen LogP contribution in [0.25, 0.3) is 11.3 Å². The summed E-state index contributed by atoms with van der Waals surface area (Å²) in [5, 5.41) is 3.40. The standard InChI is InChI=1S/C18H25N3/c1-4-13-9-14(5-2)18(15(6-3)10-13)16-11-20-17-12-19-7-8-21(16)17/h9-11,19H,4-8,12H2,1-3H3. The SMILES string of the molecule is CCc1cc(CC)c(-c2cnc3n2CCNC3)c(CC)c1. The molecule has 2 heterocycles. The molecule has 0 atom stereocenters. The van der Waals surface area contributed by atoms with Crippen LogP contribution < -0.4 is 5.32 Å². The zero-order valence-corrected chi connectivity index (χ0v) is 13.4. The summed E-state index contributed by atoms with van der Waals surface area (Å²) in [4.78, 5) is 4.63. The summed E-state index contributed by atoms with van der Waals surface area (Å²) in [5.41, 5.74) is 7.12. The number of nitrogens with one attached hydrogen (secondary N) is 1. The quantitative estimate of drug-likeness (QED) is 0.932. The Morgan fingerprint density at radius 3 is 2.43 bits per heavy atom. The van der Waals surface area contributed by atoms with Crippen molar-refractivity contribution in [3.05, 3.63) is 40.8 Å². The molecule has 0 bridgehead atoms. The van der Waals surface area contributed by atoms with E-state index in [0.717, 1.165) is 38.9 Å². The fourth-order valence-corrected chi connectivity index (χ4v) is 3.33. The Bertz CT molecular complexity index is 615. The molecular weight excluding hydrogens is 258 g/mol. The highest BCUT2D eigenvalue weighted by molar-refractivity contribution is 5.69. The highest BCUT2D eigenvalue weighted by Gasteiger charge is 2.19. The smallest absolute Gasteiger partial charge is 0.123 e. The van der Waals surface area contributed by atoms with Gasteiger partial charge in [-0.15, -0.1) is 0 Å². The van der Waals surface area contributed by atoms with Crippen LogP contribution in [0.4, 0.5) is 0 Å². The van der Waals surface area contributed by atoms with Crippen LogP contribution in [0.2, 0.25) is 0 Å². The molecular formula is C18H25N3. The lowest BCUT2D eigenvalue weighted by molar-refractivity contribution is 0.508. The van der Waals surface area contributed by atoms with Crippen molar-refractivity contribution in [3.63, 3.8) is 0 Å². The third kappa shape index (κ3) is 2.51. The Morgan fingerprint density at radius 1 is 1.10 bits per heavy atom. The Morgan fingerprint density at radius 2 is 1.81 bits per heavy atom. The third-order valence-electron chi connectivity index (χ3n) is 4.52. The Balaban J connectivity index is 2.19. The molecule has 1 aromatic carbocycles. The Labute approximate surface area is 127 Å². The summed E-state index contributed by atoms with van der Waals surface area (Å²) in [6, 6.07) is 4.77. The second-order valence-electron chi connectivity index (χ2n) is 5.74. The second kappa shape index (κ2) is 6.02. The van der Waals surface area contributed by atoms with Crippen molar-refractivity contribution in [1.29, 1.82) is 0 Å². The van der Waals surface area contributed by atoms with Crippen molar-refractivity contribution in [1.82, 2.24) is 14.9 Å². The first-order valence-electron chi connectivity index (χ1n) is 8.18. The van der Waals surface area contributed by atoms with Gasteiger partial charge >= 0.3 is 0 Å². The summed E-state index contributed by atoms with van der Waals surface area (Å²) in [5.74, 6) is 1.17. The van der Waals surface area contributed by atoms with Gasteiger partial charge in [-0.1, -0.05) is 32.9 Å². The van der Waals surface area contributed by atoms with E-state index in [9.17, 15) is 0 Å². The number of aryl methyl sites for hydroxylation is 3. The molecule has 0 saturated heterocycles. The van der Waals surface area contributed by atoms with E-state index >= 15 is 0 Å². The molecule has 0 fully saturated rings. The Hall–Kier alpha value is -1.61. The number of fused-ring (bicyclic) bond motifs is 1. The molecule has 0 radical (unpaired) electrons. The van der Waals surface area contributed by atoms with Crippen molar-refractivity contribution in [3.8, 4) is 11.3 Å². The zero-order chi connectivity index (χ0) is 14.8. The first-order chi connectivity index (χ1) is 10.3. The van der Waals surface area contributed by atoms with Gasteiger partial charge in [0.2, 0.25) is 0 Å². The third-order valence-corrected chi connectivity index (χ3v) is 4.52. The van der Waals surface area contributed by atoms with E-state index < -0.39 is 0 Å². The fraction of sp³-hybridized carbons (Fsp3) is 0.500. The van der Waals surface area contributed by atoms with Gasteiger partial charge in [-0.05, 0) is 36.0 Å². The predicted octanol–water partition coefficient (Wildman–Crippen LogP) is 3.34. The number of aromatic nitrogens is 2. The van der Waals surface area contributed by atoms with Gasteiger partial charge in [0.15, 0.2) is 0 Å². The minimum atomic E-state index is 0.885. The van der Waals surface area contributed by atoms with Gasteiger partial charge in [-0.2, -0.15) is 0 Å². The molecule has 1 aliphatic heterocycles. The van der Waals surface area contributed by atoms with Gasteiger partial charge in [0.05, 0.1) is 18.4 Å². The van der Waals surface area contributed by atoms with Gasteiger partial charge in [-0.25, -0.2) is 4.98 Å². The lowest BCUT2D eigenvalue weighted by atomic mass is 9.92. The molecule has 0 amide bonds. The van der Waals surface area contributed by atoms with Crippen LogP contribution in [0.15, 0.2) is 18.3 Å². The van der Waals surface area contributed by atoms with Crippen LogP contribution in [-0.2, 0) is 32.4 Å². The van der Waals surface area contributed by atoms with Crippen molar-refractivity contribution < 1.29 is 0 Å². The first-order valence-corrected chi connectivity index (χ1v) is 8.18. The fourth-order valence-electron chi connectivity index (χ4n) is 3.33. The van der Waals surface area contributed by atoms with Gasteiger partial charge in [-0.3, -0.25) is 0 Å². The van der Waals surface area contributed by atoms with Crippen LogP contribution in [0.3, 0.4) is 0 Å². The van der Waals surface area contributed by atoms with Gasteiger partial charge in [0.1, 0.15) is 5.82 Å². The summed E-state index contributed by atoms with van der Waals surface area (Å²) >= 11 is 0. The number of hydrogen-bond acceptors (Lipinski definition) is 2. The van der Waals surface area contributed by atoms with Gasteiger partial charge < -0.3 is 9.88 Å². The van der Waals surface area contributed by atoms with E-state index in [1.165, 1.54) is 33.8 Å². The number of rotatable bonds is 4. The highest BCUT2D eigenvalue weighted by Crippen LogP contribution is 2.31. The van der Waals surface area contributed by atoms with Crippen molar-refractivity contribution >= 4 is 0 Å². The maximum absolute atomic E-state index is 4.63. The molecule has 0 saturated carbocycles. The van der Waals surface area contributed by atoms with E-state index in [4.69, 9.17) is 0 Å². The number of imidazole rings is 1. The monoisotopic (exact) mass is 283 g/mol. The number of hydrogen-bond donors (Lipinski definition) is 1. The van der Waals surface area contributed by atoms with Crippen LogP contribution in [0, 0.1) is 0 Å². The van der Waals surface area contributed by atoms with Crippen molar-refractivity contribution in [2.24, 2.45) is 0 Å². The van der Waals surface area contributed by atoms with Crippen LogP contribution in [0.1, 0.15) is 43.3 Å². The maximum atomic E-state index is 4.63. The molecule has 1 aliphatic rings. The summed E-state index contributed by atoms with van der Waals surface area (Å²) < 4.78 is 2.40. The summed E-state index contributed by atoms with van der Waals surface area (Å²) in [6.07, 6.45) is 5.33. The lowest BCUT2D eigenvalue weighted by Crippen LogP contribution is -2.28. The van der Waals surface area contributed by atoms with E-state index in [-0.39, 0.29) is 0 Å². The summed E-state index contributed by atoms with van der Waals surface area (Å²) in [7, 11) is 0. The van der Waals surface area contributed by atoms with Crippen molar-refractivity contribution in [2.45, 2.75) is 53.1 Å². The molecule has 112 valence electrons. The molecule has 0 spiro atoms. The average molecular weight is 283 g/mol. The number of benzene rings is 1. The molecule has 0 aliphatic carbocycles. The second-order valence-corrected chi connectivity index (χ2v) is 5.74. The normalized spacial score (nSPS) is 14.2. The molecule has 3 rings (SSSR count). The minimum absolute atomic E-state index is 0.885. The molecule has 1 N–H and O–H groups in total. The molecule has 2 aromatic rings. The molecule has 21 heavy (non-hydrogen) atoms. The minimum Gasteiger partial charge on any atom is -0.326 e. The topological polar surface area (TPSA) is 29.9 Å². The van der Waals surface area contributed by atoms with Crippen molar-refractivity contribution in [2.75, 3.05) is 6.54 Å². The van der Waals surface area contributed by atoms with Crippen LogP contribution in [0.5, 0.6) is 0 Å². The molecule has 1 aromatic heterocycles. The molecule has 0 unspecified atom stereocenters. The largest absolute Gasteiger partial charge is 0.326 e. The van der Waals surface area contributed by atoms with E-state index in [1.807, 2.05) is 0 Å². The molecule has 3 heteroatoms. The first kappa shape index (κ1) is 14.3. The average Bonchev–Trinajstić information content (AvgIpc) is 2.97. The lowest BCUT2D eigenvalue weighted by Gasteiger charge is -2.21. The van der Waals surface area contributed by atoms with Gasteiger partial charge in [0, 0.05) is 18.7 Å². The summed E-state index contributed by atoms with van der Waals surface area (Å²) in [6.45, 7) is 9.69. The highest BCUT2D eigenvalue weighted by atomic mass is 15.2. The van der Waals surface area contributed by atoms with E-state index in [2.05, 4.69) is 54.0 Å². The van der Waals surface area contributed by atoms with E-state index in [0.29, 0.717) is 0 Å². The van der Waals surface area contributed by atoms with E-state index in [1.54, 1.807) is 0 Å². The predicted molar refractivity (Wildman–Crippen MR) is 87.5 cm³/mol. The van der Waals surface area contributed by atoms with Crippen LogP contribution >= 0.6 is 0 Å². The maximum Gasteiger partial charge on any atom is 0.123 e.